The maximum atomic E-state index is 13.2. The van der Waals surface area contributed by atoms with E-state index in [9.17, 15) is 9.59 Å². The molecule has 0 radical (unpaired) electrons. The summed E-state index contributed by atoms with van der Waals surface area (Å²) >= 11 is 0. The van der Waals surface area contributed by atoms with E-state index in [0.29, 0.717) is 36.6 Å². The monoisotopic (exact) mass is 671 g/mol. The highest BCUT2D eigenvalue weighted by Crippen LogP contribution is 2.22. The first-order chi connectivity index (χ1) is 23.6. The van der Waals surface area contributed by atoms with Gasteiger partial charge in [-0.15, -0.1) is 0 Å². The molecule has 0 bridgehead atoms. The fraction of sp³-hybridized carbons (Fsp3) is 0.814. The topological polar surface area (TPSA) is 67.4 Å². The Morgan fingerprint density at radius 1 is 0.458 bits per heavy atom. The Kier molecular flexibility index (Phi) is 30.7. The van der Waals surface area contributed by atoms with Gasteiger partial charge in [-0.1, -0.05) is 188 Å². The first-order valence-electron chi connectivity index (χ1n) is 21.0. The molecule has 1 aromatic rings. The standard InChI is InChI=1S/C43H78N2O3/c1-4-7-10-13-16-18-20-22-24-27-30-35-44-42(46)39-33-34-40(41(38-39)48-37-32-29-26-15-12-9-6-3)43(47)45-36-31-28-25-23-21-19-17-14-11-8-5-2/h33-34,38H,4-32,35-37H2,1-3H3,(H,44,46)(H,45,47). The summed E-state index contributed by atoms with van der Waals surface area (Å²) in [6.45, 7) is 8.71. The Morgan fingerprint density at radius 3 is 1.23 bits per heavy atom. The highest BCUT2D eigenvalue weighted by atomic mass is 16.5. The number of hydrogen-bond acceptors (Lipinski definition) is 3. The summed E-state index contributed by atoms with van der Waals surface area (Å²) in [7, 11) is 0. The fourth-order valence-electron chi connectivity index (χ4n) is 6.39. The predicted molar refractivity (Wildman–Crippen MR) is 208 cm³/mol. The van der Waals surface area contributed by atoms with Crippen molar-refractivity contribution in [1.82, 2.24) is 10.6 Å². The molecular formula is C43H78N2O3. The summed E-state index contributed by atoms with van der Waals surface area (Å²) in [6, 6.07) is 5.31. The van der Waals surface area contributed by atoms with Crippen LogP contribution in [-0.2, 0) is 0 Å². The number of rotatable bonds is 35. The van der Waals surface area contributed by atoms with Gasteiger partial charge in [0.2, 0.25) is 0 Å². The number of unbranched alkanes of at least 4 members (excludes halogenated alkanes) is 26. The van der Waals surface area contributed by atoms with Crippen molar-refractivity contribution in [3.8, 4) is 5.75 Å². The van der Waals surface area contributed by atoms with Crippen LogP contribution >= 0.6 is 0 Å². The van der Waals surface area contributed by atoms with Crippen LogP contribution in [0.2, 0.25) is 0 Å². The molecule has 2 amide bonds. The zero-order valence-electron chi connectivity index (χ0n) is 32.1. The minimum Gasteiger partial charge on any atom is -0.493 e. The molecule has 5 nitrogen and oxygen atoms in total. The van der Waals surface area contributed by atoms with Crippen LogP contribution in [0, 0.1) is 0 Å². The molecule has 0 fully saturated rings. The second-order valence-corrected chi connectivity index (χ2v) is 14.3. The molecule has 0 aromatic heterocycles. The lowest BCUT2D eigenvalue weighted by molar-refractivity contribution is 0.0937. The molecule has 0 aliphatic carbocycles. The van der Waals surface area contributed by atoms with Gasteiger partial charge in [-0.2, -0.15) is 0 Å². The Bertz CT molecular complexity index is 887. The molecule has 0 saturated carbocycles. The molecule has 0 unspecified atom stereocenters. The van der Waals surface area contributed by atoms with Gasteiger partial charge >= 0.3 is 0 Å². The number of ether oxygens (including phenoxy) is 1. The molecule has 1 rings (SSSR count). The van der Waals surface area contributed by atoms with Crippen molar-refractivity contribution < 1.29 is 14.3 Å². The molecule has 0 heterocycles. The minimum atomic E-state index is -0.107. The quantitative estimate of drug-likeness (QED) is 0.0706. The summed E-state index contributed by atoms with van der Waals surface area (Å²) in [5, 5.41) is 6.20. The maximum absolute atomic E-state index is 13.2. The van der Waals surface area contributed by atoms with Crippen LogP contribution in [0.3, 0.4) is 0 Å². The van der Waals surface area contributed by atoms with Gasteiger partial charge in [0.25, 0.3) is 11.8 Å². The molecule has 2 N–H and O–H groups in total. The molecule has 0 aliphatic rings. The van der Waals surface area contributed by atoms with Gasteiger partial charge in [0, 0.05) is 18.7 Å². The third kappa shape index (κ3) is 25.0. The van der Waals surface area contributed by atoms with Crippen molar-refractivity contribution in [1.29, 1.82) is 0 Å². The Hall–Kier alpha value is -2.04. The predicted octanol–water partition coefficient (Wildman–Crippen LogP) is 12.9. The van der Waals surface area contributed by atoms with E-state index in [0.717, 1.165) is 38.5 Å². The van der Waals surface area contributed by atoms with Crippen molar-refractivity contribution in [2.45, 2.75) is 207 Å². The maximum Gasteiger partial charge on any atom is 0.255 e. The number of hydrogen-bond donors (Lipinski definition) is 2. The molecule has 0 spiro atoms. The van der Waals surface area contributed by atoms with Gasteiger partial charge in [-0.05, 0) is 37.5 Å². The van der Waals surface area contributed by atoms with E-state index in [1.54, 1.807) is 18.2 Å². The summed E-state index contributed by atoms with van der Waals surface area (Å²) in [5.41, 5.74) is 1.09. The lowest BCUT2D eigenvalue weighted by Crippen LogP contribution is -2.26. The van der Waals surface area contributed by atoms with Crippen LogP contribution in [0.25, 0.3) is 0 Å². The molecule has 5 heteroatoms. The van der Waals surface area contributed by atoms with Crippen LogP contribution in [-0.4, -0.2) is 31.5 Å². The van der Waals surface area contributed by atoms with Crippen molar-refractivity contribution >= 4 is 11.8 Å². The van der Waals surface area contributed by atoms with Gasteiger partial charge in [-0.3, -0.25) is 9.59 Å². The van der Waals surface area contributed by atoms with E-state index in [-0.39, 0.29) is 11.8 Å². The second-order valence-electron chi connectivity index (χ2n) is 14.3. The Labute approximate surface area is 297 Å². The van der Waals surface area contributed by atoms with Crippen LogP contribution < -0.4 is 15.4 Å². The SMILES string of the molecule is CCCCCCCCCCCCCNC(=O)c1ccc(C(=O)NCCCCCCCCCCCCC)c(OCCCCCCCCC)c1. The van der Waals surface area contributed by atoms with Gasteiger partial charge in [0.15, 0.2) is 0 Å². The zero-order valence-corrected chi connectivity index (χ0v) is 32.1. The van der Waals surface area contributed by atoms with E-state index in [2.05, 4.69) is 31.4 Å². The molecule has 0 aliphatic heterocycles. The van der Waals surface area contributed by atoms with Crippen molar-refractivity contribution in [2.24, 2.45) is 0 Å². The third-order valence-electron chi connectivity index (χ3n) is 9.63. The molecule has 1 aromatic carbocycles. The first kappa shape index (κ1) is 44.0. The first-order valence-corrected chi connectivity index (χ1v) is 21.0. The van der Waals surface area contributed by atoms with Crippen LogP contribution in [0.4, 0.5) is 0 Å². The number of nitrogens with one attached hydrogen (secondary N) is 2. The molecule has 0 saturated heterocycles. The zero-order chi connectivity index (χ0) is 34.8. The van der Waals surface area contributed by atoms with Gasteiger partial charge in [0.05, 0.1) is 12.2 Å². The van der Waals surface area contributed by atoms with E-state index < -0.39 is 0 Å². The van der Waals surface area contributed by atoms with Crippen LogP contribution in [0.15, 0.2) is 18.2 Å². The summed E-state index contributed by atoms with van der Waals surface area (Å²) in [5.74, 6) is 0.333. The van der Waals surface area contributed by atoms with E-state index in [1.807, 2.05) is 0 Å². The molecule has 48 heavy (non-hydrogen) atoms. The smallest absolute Gasteiger partial charge is 0.255 e. The minimum absolute atomic E-state index is 0.0872. The van der Waals surface area contributed by atoms with E-state index in [4.69, 9.17) is 4.74 Å². The van der Waals surface area contributed by atoms with E-state index >= 15 is 0 Å². The number of carbonyl (C=O) groups excluding carboxylic acids is 2. The Balaban J connectivity index is 2.45. The lowest BCUT2D eigenvalue weighted by atomic mass is 10.1. The molecule has 0 atom stereocenters. The largest absolute Gasteiger partial charge is 0.493 e. The normalized spacial score (nSPS) is 11.1. The number of benzene rings is 1. The lowest BCUT2D eigenvalue weighted by Gasteiger charge is -2.14. The average molecular weight is 671 g/mol. The van der Waals surface area contributed by atoms with Crippen LogP contribution in [0.5, 0.6) is 5.75 Å². The van der Waals surface area contributed by atoms with Gasteiger partial charge < -0.3 is 15.4 Å². The van der Waals surface area contributed by atoms with Crippen molar-refractivity contribution in [3.05, 3.63) is 29.3 Å². The van der Waals surface area contributed by atoms with E-state index in [1.165, 1.54) is 148 Å². The summed E-state index contributed by atoms with van der Waals surface area (Å²) < 4.78 is 6.17. The van der Waals surface area contributed by atoms with Crippen molar-refractivity contribution in [3.63, 3.8) is 0 Å². The molecule has 278 valence electrons. The highest BCUT2D eigenvalue weighted by molar-refractivity contribution is 6.00. The molecular weight excluding hydrogens is 592 g/mol. The summed E-state index contributed by atoms with van der Waals surface area (Å²) in [4.78, 5) is 26.2. The highest BCUT2D eigenvalue weighted by Gasteiger charge is 2.16. The van der Waals surface area contributed by atoms with Crippen molar-refractivity contribution in [2.75, 3.05) is 19.7 Å². The number of amides is 2. The van der Waals surface area contributed by atoms with Gasteiger partial charge in [0.1, 0.15) is 5.75 Å². The average Bonchev–Trinajstić information content (AvgIpc) is 3.10. The Morgan fingerprint density at radius 2 is 0.812 bits per heavy atom. The third-order valence-corrected chi connectivity index (χ3v) is 9.63. The van der Waals surface area contributed by atoms with Crippen LogP contribution in [0.1, 0.15) is 228 Å². The summed E-state index contributed by atoms with van der Waals surface area (Å²) in [6.07, 6.45) is 36.9. The van der Waals surface area contributed by atoms with Gasteiger partial charge in [-0.25, -0.2) is 0 Å². The number of carbonyl (C=O) groups is 2. The fourth-order valence-corrected chi connectivity index (χ4v) is 6.39. The second kappa shape index (κ2) is 33.5.